The summed E-state index contributed by atoms with van der Waals surface area (Å²) in [5, 5.41) is 12.0. The summed E-state index contributed by atoms with van der Waals surface area (Å²) in [4.78, 5) is 25.2. The largest absolute Gasteiger partial charge is 0.481 e. The number of likely N-dealkylation sites (tertiary alicyclic amines) is 1. The third kappa shape index (κ3) is 4.98. The minimum atomic E-state index is -0.832. The molecule has 1 aromatic carbocycles. The lowest BCUT2D eigenvalue weighted by atomic mass is 9.92. The number of carbonyl (C=O) groups excluding carboxylic acids is 1. The molecule has 2 unspecified atom stereocenters. The topological polar surface area (TPSA) is 69.6 Å². The molecule has 5 heteroatoms. The molecule has 126 valence electrons. The molecule has 0 radical (unpaired) electrons. The zero-order chi connectivity index (χ0) is 16.8. The van der Waals surface area contributed by atoms with E-state index in [1.807, 2.05) is 35.2 Å². The number of aliphatic carboxylic acids is 1. The van der Waals surface area contributed by atoms with Crippen LogP contribution >= 0.6 is 0 Å². The molecule has 2 atom stereocenters. The molecule has 1 heterocycles. The second kappa shape index (κ2) is 7.99. The number of rotatable bonds is 7. The van der Waals surface area contributed by atoms with Gasteiger partial charge in [-0.25, -0.2) is 4.79 Å². The number of amides is 2. The fraction of sp³-hybridized carbons (Fsp3) is 0.556. The summed E-state index contributed by atoms with van der Waals surface area (Å²) in [7, 11) is 0. The summed E-state index contributed by atoms with van der Waals surface area (Å²) in [5.41, 5.74) is 1.10. The summed E-state index contributed by atoms with van der Waals surface area (Å²) in [6.45, 7) is 5.03. The first kappa shape index (κ1) is 17.3. The van der Waals surface area contributed by atoms with Crippen molar-refractivity contribution >= 4 is 12.0 Å². The molecule has 2 rings (SSSR count). The second-order valence-corrected chi connectivity index (χ2v) is 6.56. The maximum atomic E-state index is 12.5. The van der Waals surface area contributed by atoms with Crippen LogP contribution in [-0.4, -0.2) is 40.6 Å². The van der Waals surface area contributed by atoms with Crippen LogP contribution in [0.5, 0.6) is 0 Å². The Morgan fingerprint density at radius 1 is 1.30 bits per heavy atom. The highest BCUT2D eigenvalue weighted by atomic mass is 16.4. The van der Waals surface area contributed by atoms with Gasteiger partial charge in [-0.1, -0.05) is 44.2 Å². The highest BCUT2D eigenvalue weighted by molar-refractivity contribution is 5.76. The van der Waals surface area contributed by atoms with Gasteiger partial charge >= 0.3 is 12.0 Å². The van der Waals surface area contributed by atoms with Gasteiger partial charge in [0.2, 0.25) is 0 Å². The molecule has 1 aromatic rings. The number of carbonyl (C=O) groups is 2. The van der Waals surface area contributed by atoms with E-state index in [2.05, 4.69) is 19.2 Å². The molecule has 0 saturated carbocycles. The Labute approximate surface area is 137 Å². The summed E-state index contributed by atoms with van der Waals surface area (Å²) in [6.07, 6.45) is 2.20. The smallest absolute Gasteiger partial charge is 0.317 e. The van der Waals surface area contributed by atoms with Crippen molar-refractivity contribution < 1.29 is 14.7 Å². The van der Waals surface area contributed by atoms with E-state index in [0.29, 0.717) is 24.8 Å². The number of carboxylic acids is 1. The van der Waals surface area contributed by atoms with Gasteiger partial charge in [0.1, 0.15) is 0 Å². The lowest BCUT2D eigenvalue weighted by molar-refractivity contribution is -0.137. The van der Waals surface area contributed by atoms with E-state index in [-0.39, 0.29) is 18.5 Å². The van der Waals surface area contributed by atoms with Crippen LogP contribution in [0.25, 0.3) is 0 Å². The highest BCUT2D eigenvalue weighted by Gasteiger charge is 2.34. The summed E-state index contributed by atoms with van der Waals surface area (Å²) >= 11 is 0. The molecular formula is C18H26N2O3. The first-order valence-corrected chi connectivity index (χ1v) is 8.30. The second-order valence-electron chi connectivity index (χ2n) is 6.56. The van der Waals surface area contributed by atoms with Crippen LogP contribution in [-0.2, 0) is 11.2 Å². The van der Waals surface area contributed by atoms with Gasteiger partial charge in [0.05, 0.1) is 0 Å². The van der Waals surface area contributed by atoms with Crippen molar-refractivity contribution in [1.29, 1.82) is 0 Å². The van der Waals surface area contributed by atoms with Gasteiger partial charge in [0.25, 0.3) is 0 Å². The molecule has 1 aliphatic rings. The average molecular weight is 318 g/mol. The summed E-state index contributed by atoms with van der Waals surface area (Å²) in [5.74, 6) is -0.387. The molecule has 2 N–H and O–H groups in total. The van der Waals surface area contributed by atoms with Gasteiger partial charge in [-0.3, -0.25) is 4.79 Å². The number of nitrogens with one attached hydrogen (secondary N) is 1. The van der Waals surface area contributed by atoms with Crippen LogP contribution in [0.1, 0.15) is 38.7 Å². The van der Waals surface area contributed by atoms with E-state index in [9.17, 15) is 9.59 Å². The van der Waals surface area contributed by atoms with Gasteiger partial charge in [-0.15, -0.1) is 0 Å². The number of urea groups is 1. The molecule has 0 aliphatic carbocycles. The average Bonchev–Trinajstić information content (AvgIpc) is 2.44. The zero-order valence-electron chi connectivity index (χ0n) is 13.9. The monoisotopic (exact) mass is 318 g/mol. The first-order chi connectivity index (χ1) is 11.0. The van der Waals surface area contributed by atoms with Gasteiger partial charge in [0, 0.05) is 25.0 Å². The van der Waals surface area contributed by atoms with Crippen LogP contribution in [0.3, 0.4) is 0 Å². The molecule has 0 aromatic heterocycles. The predicted octanol–water partition coefficient (Wildman–Crippen LogP) is 2.90. The minimum absolute atomic E-state index is 0.0609. The molecule has 1 saturated heterocycles. The Balaban J connectivity index is 1.96. The Hall–Kier alpha value is -2.04. The quantitative estimate of drug-likeness (QED) is 0.812. The lowest BCUT2D eigenvalue weighted by Crippen LogP contribution is -2.58. The van der Waals surface area contributed by atoms with Crippen LogP contribution in [0.2, 0.25) is 0 Å². The fourth-order valence-electron chi connectivity index (χ4n) is 3.03. The number of nitrogens with zero attached hydrogens (tertiary/aromatic N) is 1. The van der Waals surface area contributed by atoms with E-state index >= 15 is 0 Å². The predicted molar refractivity (Wildman–Crippen MR) is 89.3 cm³/mol. The third-order valence-electron chi connectivity index (χ3n) is 4.46. The normalized spacial score (nSPS) is 18.4. The van der Waals surface area contributed by atoms with Gasteiger partial charge in [-0.05, 0) is 30.7 Å². The van der Waals surface area contributed by atoms with Crippen molar-refractivity contribution in [3.05, 3.63) is 35.9 Å². The first-order valence-electron chi connectivity index (χ1n) is 8.30. The Morgan fingerprint density at radius 2 is 2.00 bits per heavy atom. The van der Waals surface area contributed by atoms with Crippen LogP contribution in [0, 0.1) is 5.92 Å². The number of carboxylic acid groups (broad SMARTS) is 1. The molecule has 23 heavy (non-hydrogen) atoms. The van der Waals surface area contributed by atoms with Crippen LogP contribution in [0.4, 0.5) is 4.79 Å². The molecule has 0 spiro atoms. The maximum absolute atomic E-state index is 12.5. The fourth-order valence-corrected chi connectivity index (χ4v) is 3.03. The third-order valence-corrected chi connectivity index (χ3v) is 4.46. The van der Waals surface area contributed by atoms with Crippen molar-refractivity contribution in [2.45, 2.75) is 51.6 Å². The summed E-state index contributed by atoms with van der Waals surface area (Å²) in [6, 6.07) is 9.93. The Morgan fingerprint density at radius 3 is 2.52 bits per heavy atom. The van der Waals surface area contributed by atoms with Gasteiger partial charge in [-0.2, -0.15) is 0 Å². The Bertz CT molecular complexity index is 530. The van der Waals surface area contributed by atoms with Gasteiger partial charge in [0.15, 0.2) is 0 Å². The molecule has 5 nitrogen and oxygen atoms in total. The van der Waals surface area contributed by atoms with Gasteiger partial charge < -0.3 is 15.3 Å². The van der Waals surface area contributed by atoms with Crippen LogP contribution in [0.15, 0.2) is 30.3 Å². The molecular weight excluding hydrogens is 292 g/mol. The number of hydrogen-bond acceptors (Lipinski definition) is 2. The van der Waals surface area contributed by atoms with Crippen molar-refractivity contribution in [3.8, 4) is 0 Å². The van der Waals surface area contributed by atoms with E-state index < -0.39 is 5.97 Å². The number of benzene rings is 1. The van der Waals surface area contributed by atoms with E-state index in [4.69, 9.17) is 5.11 Å². The van der Waals surface area contributed by atoms with E-state index in [0.717, 1.165) is 18.5 Å². The molecule has 0 bridgehead atoms. The van der Waals surface area contributed by atoms with Crippen LogP contribution < -0.4 is 5.32 Å². The summed E-state index contributed by atoms with van der Waals surface area (Å²) < 4.78 is 0. The molecule has 1 fully saturated rings. The zero-order valence-corrected chi connectivity index (χ0v) is 13.9. The van der Waals surface area contributed by atoms with Crippen molar-refractivity contribution in [1.82, 2.24) is 10.2 Å². The molecule has 2 amide bonds. The van der Waals surface area contributed by atoms with E-state index in [1.54, 1.807) is 0 Å². The highest BCUT2D eigenvalue weighted by Crippen LogP contribution is 2.24. The Kier molecular flexibility index (Phi) is 6.02. The molecule has 1 aliphatic heterocycles. The van der Waals surface area contributed by atoms with Crippen molar-refractivity contribution in [3.63, 3.8) is 0 Å². The van der Waals surface area contributed by atoms with E-state index in [1.165, 1.54) is 0 Å². The lowest BCUT2D eigenvalue weighted by Gasteiger charge is -2.44. The minimum Gasteiger partial charge on any atom is -0.481 e. The van der Waals surface area contributed by atoms with Crippen molar-refractivity contribution in [2.75, 3.05) is 6.54 Å². The van der Waals surface area contributed by atoms with Crippen molar-refractivity contribution in [2.24, 2.45) is 5.92 Å². The standard InChI is InChI=1S/C18H26N2O3/c1-13(2)16-10-11-20(16)18(23)19-15(8-9-17(21)22)12-14-6-4-3-5-7-14/h3-7,13,15-16H,8-12H2,1-2H3,(H,19,23)(H,21,22). The maximum Gasteiger partial charge on any atom is 0.317 e. The number of hydrogen-bond donors (Lipinski definition) is 2. The SMILES string of the molecule is CC(C)C1CCN1C(=O)NC(CCC(=O)O)Cc1ccccc1.